The summed E-state index contributed by atoms with van der Waals surface area (Å²) in [5, 5.41) is 3.45. The number of nitrogens with zero attached hydrogens (tertiary/aromatic N) is 3. The first-order chi connectivity index (χ1) is 15.8. The van der Waals surface area contributed by atoms with E-state index in [0.717, 1.165) is 35.4 Å². The van der Waals surface area contributed by atoms with Gasteiger partial charge in [-0.3, -0.25) is 0 Å². The maximum atomic E-state index is 10.8. The van der Waals surface area contributed by atoms with Gasteiger partial charge in [0.25, 0.3) is 0 Å². The van der Waals surface area contributed by atoms with Crippen LogP contribution in [0.15, 0.2) is 60.3 Å². The molecule has 0 aliphatic heterocycles. The Bertz CT molecular complexity index is 1010. The summed E-state index contributed by atoms with van der Waals surface area (Å²) in [6.07, 6.45) is 6.44. The third kappa shape index (κ3) is 6.49. The molecule has 0 saturated heterocycles. The Morgan fingerprint density at radius 2 is 1.91 bits per heavy atom. The Morgan fingerprint density at radius 1 is 1.15 bits per heavy atom. The van der Waals surface area contributed by atoms with Gasteiger partial charge in [-0.2, -0.15) is 4.91 Å². The van der Waals surface area contributed by atoms with Crippen LogP contribution in [0.4, 0.5) is 0 Å². The standard InChI is InChI=1S/C25H29Cl2N3O3/c1-18-13-20(14-23(27)24(18)33-16-21(15-26)29-31)25(2,3)19-5-7-22(8-6-19)32-12-4-10-30-11-9-28-17-30/h5-9,11,13-14,17,21H,4,10,12,15-16H2,1-3H3. The van der Waals surface area contributed by atoms with E-state index in [9.17, 15) is 4.91 Å². The van der Waals surface area contributed by atoms with Gasteiger partial charge in [0.05, 0.1) is 23.8 Å². The molecule has 3 rings (SSSR count). The van der Waals surface area contributed by atoms with Crippen LogP contribution < -0.4 is 9.47 Å². The molecule has 0 N–H and O–H groups in total. The highest BCUT2D eigenvalue weighted by Crippen LogP contribution is 2.38. The second kappa shape index (κ2) is 11.5. The Balaban J connectivity index is 1.65. The number of aryl methyl sites for hydroxylation is 2. The first-order valence-corrected chi connectivity index (χ1v) is 11.8. The van der Waals surface area contributed by atoms with Gasteiger partial charge in [0.2, 0.25) is 0 Å². The zero-order valence-corrected chi connectivity index (χ0v) is 20.6. The van der Waals surface area contributed by atoms with E-state index in [4.69, 9.17) is 32.7 Å². The second-order valence-electron chi connectivity index (χ2n) is 8.48. The number of hydrogen-bond acceptors (Lipinski definition) is 5. The fourth-order valence-electron chi connectivity index (χ4n) is 3.55. The van der Waals surface area contributed by atoms with Gasteiger partial charge in [-0.05, 0) is 48.2 Å². The topological polar surface area (TPSA) is 65.7 Å². The SMILES string of the molecule is Cc1cc(C(C)(C)c2ccc(OCCCn3ccnc3)cc2)cc(Cl)c1OCC(CCl)N=O. The number of alkyl halides is 1. The first kappa shape index (κ1) is 25.1. The highest BCUT2D eigenvalue weighted by atomic mass is 35.5. The van der Waals surface area contributed by atoms with E-state index in [2.05, 4.69) is 42.2 Å². The van der Waals surface area contributed by atoms with Crippen molar-refractivity contribution in [1.82, 2.24) is 9.55 Å². The minimum absolute atomic E-state index is 0.0973. The van der Waals surface area contributed by atoms with Crippen LogP contribution in [0.1, 0.15) is 37.0 Å². The van der Waals surface area contributed by atoms with Crippen LogP contribution in [0.3, 0.4) is 0 Å². The summed E-state index contributed by atoms with van der Waals surface area (Å²) >= 11 is 12.3. The van der Waals surface area contributed by atoms with Crippen LogP contribution in [0.5, 0.6) is 11.5 Å². The maximum absolute atomic E-state index is 10.8. The number of imidazole rings is 1. The zero-order chi connectivity index (χ0) is 23.8. The number of rotatable bonds is 12. The van der Waals surface area contributed by atoms with Crippen LogP contribution in [-0.2, 0) is 12.0 Å². The Kier molecular flexibility index (Phi) is 8.75. The van der Waals surface area contributed by atoms with Crippen molar-refractivity contribution in [2.24, 2.45) is 5.18 Å². The molecule has 1 atom stereocenters. The lowest BCUT2D eigenvalue weighted by Crippen LogP contribution is -2.20. The minimum Gasteiger partial charge on any atom is -0.494 e. The van der Waals surface area contributed by atoms with Crippen molar-refractivity contribution in [3.8, 4) is 11.5 Å². The normalized spacial score (nSPS) is 12.4. The van der Waals surface area contributed by atoms with E-state index in [-0.39, 0.29) is 17.9 Å². The lowest BCUT2D eigenvalue weighted by molar-refractivity contribution is 0.295. The van der Waals surface area contributed by atoms with Gasteiger partial charge >= 0.3 is 0 Å². The number of halogens is 2. The monoisotopic (exact) mass is 489 g/mol. The molecule has 0 aliphatic rings. The lowest BCUT2D eigenvalue weighted by Gasteiger charge is -2.28. The lowest BCUT2D eigenvalue weighted by atomic mass is 9.77. The Hall–Kier alpha value is -2.57. The number of nitroso groups, excluding NO2 is 1. The average Bonchev–Trinajstić information content (AvgIpc) is 3.32. The Morgan fingerprint density at radius 3 is 2.52 bits per heavy atom. The summed E-state index contributed by atoms with van der Waals surface area (Å²) in [6.45, 7) is 7.86. The van der Waals surface area contributed by atoms with E-state index in [1.807, 2.05) is 42.2 Å². The molecule has 0 saturated carbocycles. The van der Waals surface area contributed by atoms with Gasteiger partial charge in [-0.15, -0.1) is 11.6 Å². The predicted octanol–water partition coefficient (Wildman–Crippen LogP) is 6.39. The molecule has 8 heteroatoms. The molecule has 1 unspecified atom stereocenters. The molecule has 0 amide bonds. The highest BCUT2D eigenvalue weighted by molar-refractivity contribution is 6.32. The van der Waals surface area contributed by atoms with E-state index < -0.39 is 6.04 Å². The molecule has 3 aromatic rings. The molecule has 1 aromatic heterocycles. The van der Waals surface area contributed by atoms with Gasteiger partial charge in [0, 0.05) is 24.4 Å². The van der Waals surface area contributed by atoms with Crippen LogP contribution in [0, 0.1) is 11.8 Å². The van der Waals surface area contributed by atoms with Gasteiger partial charge in [-0.25, -0.2) is 4.98 Å². The summed E-state index contributed by atoms with van der Waals surface area (Å²) in [7, 11) is 0. The summed E-state index contributed by atoms with van der Waals surface area (Å²) in [5.74, 6) is 1.50. The first-order valence-electron chi connectivity index (χ1n) is 10.9. The third-order valence-electron chi connectivity index (χ3n) is 5.66. The molecule has 0 bridgehead atoms. The molecular formula is C25H29Cl2N3O3. The van der Waals surface area contributed by atoms with E-state index in [1.165, 1.54) is 0 Å². The van der Waals surface area contributed by atoms with E-state index in [0.29, 0.717) is 17.4 Å². The maximum Gasteiger partial charge on any atom is 0.140 e. The number of ether oxygens (including phenoxy) is 2. The minimum atomic E-state index is -0.607. The molecule has 0 aliphatic carbocycles. The zero-order valence-electron chi connectivity index (χ0n) is 19.1. The summed E-state index contributed by atoms with van der Waals surface area (Å²) < 4.78 is 13.7. The second-order valence-corrected chi connectivity index (χ2v) is 9.20. The molecule has 2 aromatic carbocycles. The van der Waals surface area contributed by atoms with E-state index >= 15 is 0 Å². The van der Waals surface area contributed by atoms with Gasteiger partial charge < -0.3 is 14.0 Å². The molecule has 0 radical (unpaired) electrons. The van der Waals surface area contributed by atoms with E-state index in [1.54, 1.807) is 6.20 Å². The van der Waals surface area contributed by atoms with Crippen molar-refractivity contribution in [3.05, 3.63) is 81.7 Å². The van der Waals surface area contributed by atoms with Crippen molar-refractivity contribution in [1.29, 1.82) is 0 Å². The highest BCUT2D eigenvalue weighted by Gasteiger charge is 2.25. The van der Waals surface area contributed by atoms with Crippen molar-refractivity contribution in [2.45, 2.75) is 45.2 Å². The third-order valence-corrected chi connectivity index (χ3v) is 6.30. The number of benzene rings is 2. The molecule has 1 heterocycles. The number of aromatic nitrogens is 2. The summed E-state index contributed by atoms with van der Waals surface area (Å²) in [6, 6.07) is 11.5. The molecule has 33 heavy (non-hydrogen) atoms. The molecule has 0 fully saturated rings. The van der Waals surface area contributed by atoms with Crippen LogP contribution in [0.25, 0.3) is 0 Å². The average molecular weight is 490 g/mol. The fraction of sp³-hybridized carbons (Fsp3) is 0.400. The fourth-order valence-corrected chi connectivity index (χ4v) is 4.01. The molecule has 6 nitrogen and oxygen atoms in total. The molecular weight excluding hydrogens is 461 g/mol. The number of hydrogen-bond donors (Lipinski definition) is 0. The van der Waals surface area contributed by atoms with Crippen molar-refractivity contribution in [2.75, 3.05) is 19.1 Å². The molecule has 0 spiro atoms. The van der Waals surface area contributed by atoms with Crippen molar-refractivity contribution < 1.29 is 9.47 Å². The largest absolute Gasteiger partial charge is 0.494 e. The quantitative estimate of drug-likeness (QED) is 0.168. The smallest absolute Gasteiger partial charge is 0.140 e. The summed E-state index contributed by atoms with van der Waals surface area (Å²) in [4.78, 5) is 14.8. The predicted molar refractivity (Wildman–Crippen MR) is 133 cm³/mol. The van der Waals surface area contributed by atoms with Gasteiger partial charge in [0.15, 0.2) is 0 Å². The molecule has 176 valence electrons. The van der Waals surface area contributed by atoms with Crippen molar-refractivity contribution in [3.63, 3.8) is 0 Å². The summed E-state index contributed by atoms with van der Waals surface area (Å²) in [5.41, 5.74) is 2.82. The van der Waals surface area contributed by atoms with Crippen LogP contribution >= 0.6 is 23.2 Å². The van der Waals surface area contributed by atoms with Crippen LogP contribution in [-0.4, -0.2) is 34.7 Å². The van der Waals surface area contributed by atoms with Gasteiger partial charge in [-0.1, -0.05) is 48.8 Å². The van der Waals surface area contributed by atoms with Crippen molar-refractivity contribution >= 4 is 23.2 Å². The van der Waals surface area contributed by atoms with Gasteiger partial charge in [0.1, 0.15) is 24.1 Å². The Labute approximate surface area is 204 Å². The van der Waals surface area contributed by atoms with Crippen LogP contribution in [0.2, 0.25) is 5.02 Å².